The van der Waals surface area contributed by atoms with Gasteiger partial charge in [-0.05, 0) is 17.0 Å². The minimum Gasteiger partial charge on any atom is -1.00 e. The Kier molecular flexibility index (Phi) is 3.78. The number of rotatable bonds is 2. The van der Waals surface area contributed by atoms with Gasteiger partial charge in [0.2, 0.25) is 0 Å². The Hall–Kier alpha value is -2.45. The van der Waals surface area contributed by atoms with Gasteiger partial charge in [0, 0.05) is 23.1 Å². The van der Waals surface area contributed by atoms with E-state index in [9.17, 15) is 4.79 Å². The Morgan fingerprint density at radius 1 is 0.864 bits per heavy atom. The average Bonchev–Trinajstić information content (AvgIpc) is 2.53. The second-order valence-electron chi connectivity index (χ2n) is 5.30. The average molecular weight is 308 g/mol. The van der Waals surface area contributed by atoms with Crippen LogP contribution < -0.4 is 17.0 Å². The lowest BCUT2D eigenvalue weighted by Gasteiger charge is -2.15. The summed E-state index contributed by atoms with van der Waals surface area (Å²) in [6, 6.07) is 18.0. The minimum absolute atomic E-state index is 0. The molecule has 3 heteroatoms. The third kappa shape index (κ3) is 2.32. The summed E-state index contributed by atoms with van der Waals surface area (Å²) in [5.41, 5.74) is 2.78. The molecule has 0 unspecified atom stereocenters. The largest absolute Gasteiger partial charge is 1.00 e. The Bertz CT molecular complexity index is 879. The van der Waals surface area contributed by atoms with Crippen LogP contribution in [-0.2, 0) is 6.54 Å². The summed E-state index contributed by atoms with van der Waals surface area (Å²) in [7, 11) is 0. The van der Waals surface area contributed by atoms with Gasteiger partial charge in [-0.25, -0.2) is 4.57 Å². The van der Waals surface area contributed by atoms with E-state index in [1.165, 1.54) is 0 Å². The molecule has 1 aliphatic carbocycles. The second kappa shape index (κ2) is 5.74. The number of benzene rings is 2. The van der Waals surface area contributed by atoms with Gasteiger partial charge in [-0.3, -0.25) is 4.79 Å². The maximum absolute atomic E-state index is 12.7. The number of allylic oxidation sites excluding steroid dienone is 1. The van der Waals surface area contributed by atoms with Gasteiger partial charge >= 0.3 is 0 Å². The van der Waals surface area contributed by atoms with E-state index >= 15 is 0 Å². The molecule has 1 aromatic heterocycles. The maximum atomic E-state index is 12.7. The molecule has 1 aliphatic rings. The number of Topliss-reactive ketones (excluding diaryl/α,β-unsaturated/α-hetero) is 1. The van der Waals surface area contributed by atoms with Gasteiger partial charge in [0.1, 0.15) is 0 Å². The third-order valence-corrected chi connectivity index (χ3v) is 3.93. The molecule has 2 nitrogen and oxygen atoms in total. The lowest BCUT2D eigenvalue weighted by atomic mass is 9.88. The van der Waals surface area contributed by atoms with Gasteiger partial charge in [-0.1, -0.05) is 42.5 Å². The molecule has 0 radical (unpaired) electrons. The molecule has 0 saturated carbocycles. The van der Waals surface area contributed by atoms with Crippen molar-refractivity contribution in [3.8, 4) is 0 Å². The number of pyridine rings is 1. The van der Waals surface area contributed by atoms with Crippen molar-refractivity contribution in [2.45, 2.75) is 6.54 Å². The molecule has 22 heavy (non-hydrogen) atoms. The Labute approximate surface area is 135 Å². The summed E-state index contributed by atoms with van der Waals surface area (Å²) in [5, 5.41) is 2.20. The molecule has 0 atom stereocenters. The molecular formula is C19H14ClNO. The molecule has 0 spiro atoms. The highest BCUT2D eigenvalue weighted by Gasteiger charge is 2.23. The van der Waals surface area contributed by atoms with Gasteiger partial charge < -0.3 is 12.4 Å². The van der Waals surface area contributed by atoms with Crippen molar-refractivity contribution in [2.24, 2.45) is 0 Å². The topological polar surface area (TPSA) is 20.9 Å². The fourth-order valence-electron chi connectivity index (χ4n) is 2.96. The van der Waals surface area contributed by atoms with Gasteiger partial charge in [-0.15, -0.1) is 0 Å². The van der Waals surface area contributed by atoms with Crippen LogP contribution in [0.2, 0.25) is 0 Å². The molecule has 108 valence electrons. The van der Waals surface area contributed by atoms with Crippen molar-refractivity contribution < 1.29 is 21.8 Å². The SMILES string of the molecule is O=C1C(C[n+]2ccccc2)=Cc2cccc3cccc1c23.[Cl-]. The molecule has 0 bridgehead atoms. The Morgan fingerprint density at radius 2 is 1.59 bits per heavy atom. The smallest absolute Gasteiger partial charge is 0.196 e. The number of halogens is 1. The van der Waals surface area contributed by atoms with E-state index in [1.54, 1.807) is 0 Å². The standard InChI is InChI=1S/C19H14NO.ClH/c21-19-16(13-20-10-2-1-3-11-20)12-15-8-4-6-14-7-5-9-17(19)18(14)15;/h1-12H,13H2;1H/q+1;/p-1. The lowest BCUT2D eigenvalue weighted by Crippen LogP contribution is -3.00. The van der Waals surface area contributed by atoms with E-state index in [0.29, 0.717) is 6.54 Å². The third-order valence-electron chi connectivity index (χ3n) is 3.93. The molecule has 2 aromatic carbocycles. The van der Waals surface area contributed by atoms with E-state index in [1.807, 2.05) is 59.4 Å². The summed E-state index contributed by atoms with van der Waals surface area (Å²) in [6.45, 7) is 0.602. The highest BCUT2D eigenvalue weighted by molar-refractivity contribution is 6.22. The molecule has 0 aliphatic heterocycles. The highest BCUT2D eigenvalue weighted by atomic mass is 35.5. The molecule has 4 rings (SSSR count). The first-order chi connectivity index (χ1) is 10.3. The van der Waals surface area contributed by atoms with Gasteiger partial charge in [0.05, 0.1) is 5.57 Å². The first-order valence-electron chi connectivity index (χ1n) is 7.04. The summed E-state index contributed by atoms with van der Waals surface area (Å²) >= 11 is 0. The lowest BCUT2D eigenvalue weighted by molar-refractivity contribution is -0.688. The predicted octanol–water partition coefficient (Wildman–Crippen LogP) is 0.411. The first-order valence-corrected chi connectivity index (χ1v) is 7.04. The summed E-state index contributed by atoms with van der Waals surface area (Å²) in [5.74, 6) is 0.135. The van der Waals surface area contributed by atoms with Crippen LogP contribution in [0.5, 0.6) is 0 Å². The first kappa shape index (κ1) is 14.5. The highest BCUT2D eigenvalue weighted by Crippen LogP contribution is 2.31. The van der Waals surface area contributed by atoms with Crippen molar-refractivity contribution in [3.63, 3.8) is 0 Å². The van der Waals surface area contributed by atoms with Crippen LogP contribution in [0, 0.1) is 0 Å². The Balaban J connectivity index is 0.00000144. The van der Waals surface area contributed by atoms with E-state index in [0.717, 1.165) is 27.5 Å². The minimum atomic E-state index is 0. The van der Waals surface area contributed by atoms with Crippen molar-refractivity contribution >= 4 is 22.6 Å². The number of hydrogen-bond acceptors (Lipinski definition) is 1. The number of carbonyl (C=O) groups excluding carboxylic acids is 1. The van der Waals surface area contributed by atoms with Crippen LogP contribution in [0.25, 0.3) is 16.8 Å². The van der Waals surface area contributed by atoms with E-state index < -0.39 is 0 Å². The summed E-state index contributed by atoms with van der Waals surface area (Å²) in [4.78, 5) is 12.7. The van der Waals surface area contributed by atoms with Gasteiger partial charge in [-0.2, -0.15) is 0 Å². The quantitative estimate of drug-likeness (QED) is 0.628. The van der Waals surface area contributed by atoms with Crippen LogP contribution >= 0.6 is 0 Å². The molecule has 0 fully saturated rings. The molecule has 0 amide bonds. The van der Waals surface area contributed by atoms with Crippen LogP contribution in [0.3, 0.4) is 0 Å². The molecular weight excluding hydrogens is 294 g/mol. The van der Waals surface area contributed by atoms with Crippen molar-refractivity contribution in [1.82, 2.24) is 0 Å². The monoisotopic (exact) mass is 307 g/mol. The summed E-state index contributed by atoms with van der Waals surface area (Å²) in [6.07, 6.45) is 5.99. The molecule has 1 heterocycles. The number of hydrogen-bond donors (Lipinski definition) is 0. The zero-order valence-electron chi connectivity index (χ0n) is 11.9. The van der Waals surface area contributed by atoms with Crippen LogP contribution in [-0.4, -0.2) is 5.78 Å². The van der Waals surface area contributed by atoms with E-state index in [2.05, 4.69) is 18.2 Å². The zero-order valence-corrected chi connectivity index (χ0v) is 12.6. The van der Waals surface area contributed by atoms with Crippen LogP contribution in [0.15, 0.2) is 72.6 Å². The Morgan fingerprint density at radius 3 is 2.36 bits per heavy atom. The van der Waals surface area contributed by atoms with Crippen molar-refractivity contribution in [3.05, 3.63) is 83.7 Å². The fourth-order valence-corrected chi connectivity index (χ4v) is 2.96. The fraction of sp³-hybridized carbons (Fsp3) is 0.0526. The van der Waals surface area contributed by atoms with E-state index in [-0.39, 0.29) is 18.2 Å². The van der Waals surface area contributed by atoms with Gasteiger partial charge in [0.25, 0.3) is 0 Å². The summed E-state index contributed by atoms with van der Waals surface area (Å²) < 4.78 is 2.03. The number of carbonyl (C=O) groups is 1. The van der Waals surface area contributed by atoms with Crippen LogP contribution in [0.1, 0.15) is 15.9 Å². The van der Waals surface area contributed by atoms with E-state index in [4.69, 9.17) is 0 Å². The molecule has 0 N–H and O–H groups in total. The van der Waals surface area contributed by atoms with Crippen molar-refractivity contribution in [2.75, 3.05) is 0 Å². The molecule has 3 aromatic rings. The predicted molar refractivity (Wildman–Crippen MR) is 82.9 cm³/mol. The maximum Gasteiger partial charge on any atom is 0.196 e. The van der Waals surface area contributed by atoms with Gasteiger partial charge in [0.15, 0.2) is 24.7 Å². The second-order valence-corrected chi connectivity index (χ2v) is 5.30. The normalized spacial score (nSPS) is 12.7. The zero-order chi connectivity index (χ0) is 14.2. The van der Waals surface area contributed by atoms with Crippen LogP contribution in [0.4, 0.5) is 0 Å². The van der Waals surface area contributed by atoms with Crippen molar-refractivity contribution in [1.29, 1.82) is 0 Å². The molecule has 0 saturated heterocycles. The number of aromatic nitrogens is 1. The number of ketones is 1. The number of nitrogens with zero attached hydrogens (tertiary/aromatic N) is 1.